The van der Waals surface area contributed by atoms with Crippen LogP contribution in [0.2, 0.25) is 0 Å². The third-order valence-corrected chi connectivity index (χ3v) is 2.19. The van der Waals surface area contributed by atoms with Gasteiger partial charge in [0, 0.05) is 0 Å². The molecular formula is C6H13IO2S. The summed E-state index contributed by atoms with van der Waals surface area (Å²) in [7, 11) is 0. The minimum Gasteiger partial charge on any atom is -0.337 e. The van der Waals surface area contributed by atoms with E-state index >= 15 is 0 Å². The van der Waals surface area contributed by atoms with Crippen LogP contribution in [0.25, 0.3) is 0 Å². The molecule has 0 spiro atoms. The summed E-state index contributed by atoms with van der Waals surface area (Å²) in [4.78, 5) is 0. The Morgan fingerprint density at radius 1 is 1.70 bits per heavy atom. The number of rotatable bonds is 4. The topological polar surface area (TPSA) is 29.5 Å². The zero-order valence-electron chi connectivity index (χ0n) is 6.01. The number of thiol groups is 1. The van der Waals surface area contributed by atoms with E-state index in [0.717, 1.165) is 23.5 Å². The van der Waals surface area contributed by atoms with Crippen LogP contribution in [0, 0.1) is 0 Å². The van der Waals surface area contributed by atoms with Gasteiger partial charge >= 0.3 is 0 Å². The van der Waals surface area contributed by atoms with Crippen molar-refractivity contribution in [2.75, 3.05) is 10.4 Å². The second-order valence-electron chi connectivity index (χ2n) is 1.77. The van der Waals surface area contributed by atoms with Crippen molar-refractivity contribution in [3.05, 3.63) is 0 Å². The summed E-state index contributed by atoms with van der Waals surface area (Å²) in [6.45, 7) is 2.13. The molecule has 1 N–H and O–H groups in total. The van der Waals surface area contributed by atoms with Gasteiger partial charge in [-0.15, -0.1) is 11.4 Å². The van der Waals surface area contributed by atoms with E-state index in [1.165, 1.54) is 6.42 Å². The summed E-state index contributed by atoms with van der Waals surface area (Å²) in [6.07, 6.45) is 2.32. The zero-order valence-corrected chi connectivity index (χ0v) is 9.06. The predicted molar refractivity (Wildman–Crippen MR) is 56.4 cm³/mol. The summed E-state index contributed by atoms with van der Waals surface area (Å²) in [5.41, 5.74) is 0. The molecule has 4 heteroatoms. The van der Waals surface area contributed by atoms with Crippen molar-refractivity contribution in [1.29, 1.82) is 0 Å². The molecule has 0 unspecified atom stereocenters. The Kier molecular flexibility index (Phi) is 8.66. The minimum atomic E-state index is 0.155. The van der Waals surface area contributed by atoms with E-state index in [2.05, 4.69) is 29.5 Å². The molecule has 0 bridgehead atoms. The number of hydrogen-bond donors (Lipinski definition) is 2. The van der Waals surface area contributed by atoms with Gasteiger partial charge in [0.1, 0.15) is 4.61 Å². The van der Waals surface area contributed by atoms with E-state index in [0.29, 0.717) is 4.61 Å². The first-order valence-electron chi connectivity index (χ1n) is 3.23. The Morgan fingerprint density at radius 2 is 2.40 bits per heavy atom. The van der Waals surface area contributed by atoms with Crippen LogP contribution in [0.3, 0.4) is 0 Å². The highest BCUT2D eigenvalue weighted by atomic mass is 127. The Morgan fingerprint density at radius 3 is 2.90 bits per heavy atom. The molecule has 0 aromatic carbocycles. The van der Waals surface area contributed by atoms with E-state index < -0.39 is 0 Å². The summed E-state index contributed by atoms with van der Waals surface area (Å²) < 4.78 is 5.37. The highest BCUT2D eigenvalue weighted by molar-refractivity contribution is 14.1. The molecule has 10 heavy (non-hydrogen) atoms. The van der Waals surface area contributed by atoms with Crippen molar-refractivity contribution in [3.63, 3.8) is 0 Å². The van der Waals surface area contributed by atoms with Crippen LogP contribution in [-0.4, -0.2) is 20.7 Å². The zero-order chi connectivity index (χ0) is 7.82. The van der Waals surface area contributed by atoms with Crippen molar-refractivity contribution in [2.24, 2.45) is 0 Å². The van der Waals surface area contributed by atoms with Crippen molar-refractivity contribution < 1.29 is 9.84 Å². The van der Waals surface area contributed by atoms with E-state index in [9.17, 15) is 0 Å². The molecule has 0 aliphatic carbocycles. The lowest BCUT2D eigenvalue weighted by Gasteiger charge is -1.96. The molecule has 0 radical (unpaired) electrons. The monoisotopic (exact) mass is 276 g/mol. The van der Waals surface area contributed by atoms with Crippen LogP contribution in [0.5, 0.6) is 0 Å². The maximum absolute atomic E-state index is 8.95. The molecule has 0 aliphatic heterocycles. The average molecular weight is 276 g/mol. The number of aliphatic hydroxyl groups excluding tert-OH is 1. The fraction of sp³-hybridized carbons (Fsp3) is 0.833. The maximum Gasteiger partial charge on any atom is 0.205 e. The maximum atomic E-state index is 8.95. The highest BCUT2D eigenvalue weighted by Crippen LogP contribution is 1.98. The van der Waals surface area contributed by atoms with Crippen LogP contribution in [0.4, 0.5) is 0 Å². The van der Waals surface area contributed by atoms with Gasteiger partial charge in [0.15, 0.2) is 0 Å². The molecular weight excluding hydrogens is 263 g/mol. The second-order valence-corrected chi connectivity index (χ2v) is 3.54. The number of unbranched alkanes of at least 4 members (excludes halogenated alkanes) is 1. The van der Waals surface area contributed by atoms with Crippen molar-refractivity contribution in [2.45, 2.75) is 19.8 Å². The van der Waals surface area contributed by atoms with E-state index in [-0.39, 0.29) is 5.24 Å². The van der Waals surface area contributed by atoms with Crippen LogP contribution < -0.4 is 0 Å². The van der Waals surface area contributed by atoms with Crippen molar-refractivity contribution in [3.8, 4) is 0 Å². The van der Waals surface area contributed by atoms with Crippen LogP contribution in [0.1, 0.15) is 19.8 Å². The molecule has 0 aromatic rings. The SMILES string of the molecule is CCCC[SH]=C(O)OCI. The van der Waals surface area contributed by atoms with Crippen molar-refractivity contribution in [1.82, 2.24) is 0 Å². The number of hydrogen-bond acceptors (Lipinski definition) is 1. The molecule has 0 fully saturated rings. The lowest BCUT2D eigenvalue weighted by molar-refractivity contribution is 0.299. The minimum absolute atomic E-state index is 0.155. The number of ether oxygens (including phenoxy) is 1. The van der Waals surface area contributed by atoms with Crippen molar-refractivity contribution >= 4 is 39.2 Å². The molecule has 0 amide bonds. The molecule has 62 valence electrons. The number of alkyl halides is 1. The normalized spacial score (nSPS) is 12.9. The molecule has 0 saturated heterocycles. The quantitative estimate of drug-likeness (QED) is 0.271. The number of aliphatic hydroxyl groups is 1. The largest absolute Gasteiger partial charge is 0.337 e. The fourth-order valence-electron chi connectivity index (χ4n) is 0.427. The Bertz CT molecular complexity index is 106. The molecule has 0 rings (SSSR count). The smallest absolute Gasteiger partial charge is 0.205 e. The highest BCUT2D eigenvalue weighted by Gasteiger charge is 1.87. The average Bonchev–Trinajstić information content (AvgIpc) is 1.89. The first-order chi connectivity index (χ1) is 4.81. The van der Waals surface area contributed by atoms with E-state index in [1.54, 1.807) is 0 Å². The standard InChI is InChI=1S/C6H13IO2S/c1-2-3-4-10-6(8)9-5-7/h8,10H,2-5H2,1H3. The lowest BCUT2D eigenvalue weighted by atomic mass is 10.4. The summed E-state index contributed by atoms with van der Waals surface area (Å²) >= 11 is 2.97. The summed E-state index contributed by atoms with van der Waals surface area (Å²) in [5, 5.41) is 9.11. The molecule has 2 nitrogen and oxygen atoms in total. The van der Waals surface area contributed by atoms with E-state index in [1.807, 2.05) is 0 Å². The Hall–Kier alpha value is 0.870. The van der Waals surface area contributed by atoms with E-state index in [4.69, 9.17) is 9.84 Å². The molecule has 0 atom stereocenters. The Balaban J connectivity index is 3.28. The van der Waals surface area contributed by atoms with Gasteiger partial charge in [0.05, 0.1) is 0 Å². The lowest BCUT2D eigenvalue weighted by Crippen LogP contribution is -1.98. The third-order valence-electron chi connectivity index (χ3n) is 0.942. The van der Waals surface area contributed by atoms with Gasteiger partial charge < -0.3 is 9.84 Å². The van der Waals surface area contributed by atoms with Gasteiger partial charge in [-0.1, -0.05) is 35.9 Å². The molecule has 0 aliphatic rings. The first kappa shape index (κ1) is 10.9. The van der Waals surface area contributed by atoms with Crippen LogP contribution >= 0.6 is 33.9 Å². The van der Waals surface area contributed by atoms with Gasteiger partial charge in [0.2, 0.25) is 5.24 Å². The first-order valence-corrected chi connectivity index (χ1v) is 5.84. The van der Waals surface area contributed by atoms with Gasteiger partial charge in [-0.05, 0) is 12.2 Å². The van der Waals surface area contributed by atoms with Gasteiger partial charge in [-0.3, -0.25) is 0 Å². The second kappa shape index (κ2) is 7.97. The summed E-state index contributed by atoms with van der Waals surface area (Å²) in [6, 6.07) is 0. The van der Waals surface area contributed by atoms with Gasteiger partial charge in [0.25, 0.3) is 0 Å². The van der Waals surface area contributed by atoms with Gasteiger partial charge in [-0.25, -0.2) is 0 Å². The van der Waals surface area contributed by atoms with Crippen LogP contribution in [-0.2, 0) is 4.74 Å². The molecule has 0 saturated carbocycles. The number of halogens is 1. The third kappa shape index (κ3) is 6.98. The Labute approximate surface area is 79.1 Å². The molecule has 0 aromatic heterocycles. The summed E-state index contributed by atoms with van der Waals surface area (Å²) in [5.74, 6) is 0.999. The predicted octanol–water partition coefficient (Wildman–Crippen LogP) is 2.31. The van der Waals surface area contributed by atoms with Gasteiger partial charge in [-0.2, -0.15) is 0 Å². The van der Waals surface area contributed by atoms with Crippen LogP contribution in [0.15, 0.2) is 0 Å². The fourth-order valence-corrected chi connectivity index (χ4v) is 1.79. The molecule has 0 heterocycles.